The van der Waals surface area contributed by atoms with Crippen molar-refractivity contribution in [3.05, 3.63) is 21.9 Å². The zero-order chi connectivity index (χ0) is 12.8. The van der Waals surface area contributed by atoms with Crippen LogP contribution in [0, 0.1) is 12.8 Å². The second-order valence-corrected chi connectivity index (χ2v) is 6.47. The zero-order valence-corrected chi connectivity index (χ0v) is 12.4. The summed E-state index contributed by atoms with van der Waals surface area (Å²) in [4.78, 5) is 1.45. The molecular formula is C15H25NOS. The Morgan fingerprint density at radius 2 is 2.33 bits per heavy atom. The summed E-state index contributed by atoms with van der Waals surface area (Å²) in [5.74, 6) is 0.852. The van der Waals surface area contributed by atoms with E-state index in [4.69, 9.17) is 4.74 Å². The summed E-state index contributed by atoms with van der Waals surface area (Å²) in [6, 6.07) is 2.18. The Hall–Kier alpha value is -0.380. The first-order chi connectivity index (χ1) is 8.75. The van der Waals surface area contributed by atoms with E-state index in [1.807, 2.05) is 11.3 Å². The molecule has 1 aromatic heterocycles. The van der Waals surface area contributed by atoms with Crippen LogP contribution in [0.3, 0.4) is 0 Å². The molecule has 1 heterocycles. The van der Waals surface area contributed by atoms with Gasteiger partial charge in [-0.05, 0) is 42.7 Å². The highest BCUT2D eigenvalue weighted by Gasteiger charge is 2.18. The molecule has 1 saturated carbocycles. The van der Waals surface area contributed by atoms with Crippen LogP contribution in [0.5, 0.6) is 0 Å². The number of hydrogen-bond donors (Lipinski definition) is 1. The molecule has 2 rings (SSSR count). The van der Waals surface area contributed by atoms with Gasteiger partial charge in [0.05, 0.1) is 12.7 Å². The van der Waals surface area contributed by atoms with Gasteiger partial charge in [0.15, 0.2) is 0 Å². The molecular weight excluding hydrogens is 242 g/mol. The lowest BCUT2D eigenvalue weighted by atomic mass is 9.89. The topological polar surface area (TPSA) is 21.3 Å². The molecule has 0 spiro atoms. The van der Waals surface area contributed by atoms with Crippen molar-refractivity contribution in [1.82, 2.24) is 5.32 Å². The lowest BCUT2D eigenvalue weighted by Gasteiger charge is -2.26. The molecule has 0 radical (unpaired) electrons. The van der Waals surface area contributed by atoms with E-state index < -0.39 is 0 Å². The van der Waals surface area contributed by atoms with Crippen molar-refractivity contribution in [2.75, 3.05) is 13.2 Å². The van der Waals surface area contributed by atoms with Crippen LogP contribution in [-0.2, 0) is 11.3 Å². The van der Waals surface area contributed by atoms with E-state index in [0.29, 0.717) is 6.10 Å². The van der Waals surface area contributed by atoms with Crippen molar-refractivity contribution in [3.8, 4) is 0 Å². The van der Waals surface area contributed by atoms with E-state index in [1.165, 1.54) is 36.1 Å². The fourth-order valence-corrected chi connectivity index (χ4v) is 3.49. The lowest BCUT2D eigenvalue weighted by Crippen LogP contribution is -2.26. The van der Waals surface area contributed by atoms with Crippen LogP contribution < -0.4 is 5.32 Å². The van der Waals surface area contributed by atoms with Crippen molar-refractivity contribution < 1.29 is 4.74 Å². The monoisotopic (exact) mass is 267 g/mol. The SMILES string of the molecule is Cc1ccsc1CNCCOC1CCCC(C)C1. The predicted octanol–water partition coefficient (Wildman–Crippen LogP) is 3.74. The molecule has 3 heteroatoms. The molecule has 2 unspecified atom stereocenters. The van der Waals surface area contributed by atoms with E-state index in [2.05, 4.69) is 30.6 Å². The van der Waals surface area contributed by atoms with E-state index in [0.717, 1.165) is 25.6 Å². The van der Waals surface area contributed by atoms with E-state index >= 15 is 0 Å². The van der Waals surface area contributed by atoms with E-state index in [1.54, 1.807) is 0 Å². The summed E-state index contributed by atoms with van der Waals surface area (Å²) in [5, 5.41) is 5.62. The second kappa shape index (κ2) is 7.27. The number of nitrogens with one attached hydrogen (secondary N) is 1. The Balaban J connectivity index is 1.55. The number of hydrogen-bond acceptors (Lipinski definition) is 3. The highest BCUT2D eigenvalue weighted by molar-refractivity contribution is 7.10. The average Bonchev–Trinajstić information content (AvgIpc) is 2.75. The summed E-state index contributed by atoms with van der Waals surface area (Å²) in [6.45, 7) is 7.30. The molecule has 1 fully saturated rings. The smallest absolute Gasteiger partial charge is 0.0594 e. The predicted molar refractivity (Wildman–Crippen MR) is 78.1 cm³/mol. The Morgan fingerprint density at radius 3 is 3.06 bits per heavy atom. The highest BCUT2D eigenvalue weighted by atomic mass is 32.1. The molecule has 0 bridgehead atoms. The van der Waals surface area contributed by atoms with Crippen LogP contribution in [-0.4, -0.2) is 19.3 Å². The van der Waals surface area contributed by atoms with Crippen LogP contribution in [0.1, 0.15) is 43.0 Å². The summed E-state index contributed by atoms with van der Waals surface area (Å²) in [7, 11) is 0. The van der Waals surface area contributed by atoms with Crippen LogP contribution in [0.2, 0.25) is 0 Å². The second-order valence-electron chi connectivity index (χ2n) is 5.47. The molecule has 2 nitrogen and oxygen atoms in total. The van der Waals surface area contributed by atoms with Gasteiger partial charge in [-0.3, -0.25) is 0 Å². The van der Waals surface area contributed by atoms with Gasteiger partial charge in [-0.2, -0.15) is 0 Å². The summed E-state index contributed by atoms with van der Waals surface area (Å²) in [6.07, 6.45) is 5.75. The minimum Gasteiger partial charge on any atom is -0.377 e. The maximum Gasteiger partial charge on any atom is 0.0594 e. The molecule has 2 atom stereocenters. The molecule has 1 aromatic rings. The third-order valence-corrected chi connectivity index (χ3v) is 4.80. The number of rotatable bonds is 6. The average molecular weight is 267 g/mol. The molecule has 1 aliphatic carbocycles. The van der Waals surface area contributed by atoms with Gasteiger partial charge in [0, 0.05) is 18.0 Å². The van der Waals surface area contributed by atoms with Crippen molar-refractivity contribution in [2.24, 2.45) is 5.92 Å². The quantitative estimate of drug-likeness (QED) is 0.793. The Bertz CT molecular complexity index is 350. The van der Waals surface area contributed by atoms with Crippen LogP contribution in [0.25, 0.3) is 0 Å². The van der Waals surface area contributed by atoms with Crippen molar-refractivity contribution in [1.29, 1.82) is 0 Å². The lowest BCUT2D eigenvalue weighted by molar-refractivity contribution is 0.0173. The van der Waals surface area contributed by atoms with Gasteiger partial charge in [0.25, 0.3) is 0 Å². The van der Waals surface area contributed by atoms with Gasteiger partial charge in [-0.1, -0.05) is 19.8 Å². The first-order valence-corrected chi connectivity index (χ1v) is 7.99. The van der Waals surface area contributed by atoms with Gasteiger partial charge in [0.2, 0.25) is 0 Å². The summed E-state index contributed by atoms with van der Waals surface area (Å²) < 4.78 is 5.94. The van der Waals surface area contributed by atoms with Crippen LogP contribution >= 0.6 is 11.3 Å². The zero-order valence-electron chi connectivity index (χ0n) is 11.6. The van der Waals surface area contributed by atoms with Gasteiger partial charge in [-0.15, -0.1) is 11.3 Å². The van der Waals surface area contributed by atoms with Gasteiger partial charge in [-0.25, -0.2) is 0 Å². The Kier molecular flexibility index (Phi) is 5.67. The number of ether oxygens (including phenoxy) is 1. The Labute approximate surface area is 115 Å². The van der Waals surface area contributed by atoms with Crippen molar-refractivity contribution in [2.45, 2.75) is 52.2 Å². The third-order valence-electron chi connectivity index (χ3n) is 3.77. The minimum absolute atomic E-state index is 0.513. The van der Waals surface area contributed by atoms with E-state index in [9.17, 15) is 0 Å². The largest absolute Gasteiger partial charge is 0.377 e. The van der Waals surface area contributed by atoms with E-state index in [-0.39, 0.29) is 0 Å². The molecule has 0 aromatic carbocycles. The first kappa shape index (κ1) is 14.0. The molecule has 0 aliphatic heterocycles. The normalized spacial score (nSPS) is 24.3. The van der Waals surface area contributed by atoms with Crippen LogP contribution in [0.4, 0.5) is 0 Å². The van der Waals surface area contributed by atoms with Crippen LogP contribution in [0.15, 0.2) is 11.4 Å². The number of aryl methyl sites for hydroxylation is 1. The minimum atomic E-state index is 0.513. The maximum atomic E-state index is 5.94. The summed E-state index contributed by atoms with van der Waals surface area (Å²) >= 11 is 1.83. The molecule has 18 heavy (non-hydrogen) atoms. The highest BCUT2D eigenvalue weighted by Crippen LogP contribution is 2.25. The van der Waals surface area contributed by atoms with Gasteiger partial charge >= 0.3 is 0 Å². The van der Waals surface area contributed by atoms with Gasteiger partial charge in [0.1, 0.15) is 0 Å². The molecule has 102 valence electrons. The van der Waals surface area contributed by atoms with Crippen molar-refractivity contribution >= 4 is 11.3 Å². The van der Waals surface area contributed by atoms with Crippen molar-refractivity contribution in [3.63, 3.8) is 0 Å². The fourth-order valence-electron chi connectivity index (χ4n) is 2.61. The molecule has 1 aliphatic rings. The number of thiophene rings is 1. The third kappa shape index (κ3) is 4.38. The van der Waals surface area contributed by atoms with Gasteiger partial charge < -0.3 is 10.1 Å². The maximum absolute atomic E-state index is 5.94. The Morgan fingerprint density at radius 1 is 1.44 bits per heavy atom. The first-order valence-electron chi connectivity index (χ1n) is 7.11. The standard InChI is InChI=1S/C15H25NOS/c1-12-4-3-5-14(10-12)17-8-7-16-11-15-13(2)6-9-18-15/h6,9,12,14,16H,3-5,7-8,10-11H2,1-2H3. The molecule has 0 saturated heterocycles. The molecule has 0 amide bonds. The molecule has 1 N–H and O–H groups in total. The fraction of sp³-hybridized carbons (Fsp3) is 0.733. The summed E-state index contributed by atoms with van der Waals surface area (Å²) in [5.41, 5.74) is 1.40.